The predicted molar refractivity (Wildman–Crippen MR) is 90.7 cm³/mol. The Morgan fingerprint density at radius 2 is 1.92 bits per heavy atom. The Balaban J connectivity index is 2.05. The summed E-state index contributed by atoms with van der Waals surface area (Å²) in [5.74, 6) is 0.326. The SMILES string of the molecule is COc1ccc(S(=O)(=O)N(C)CC(=O)Nc2ccc(Cl)cn2)cc1. The number of ether oxygens (including phenoxy) is 1. The van der Waals surface area contributed by atoms with Crippen molar-refractivity contribution < 1.29 is 17.9 Å². The first-order chi connectivity index (χ1) is 11.3. The Morgan fingerprint density at radius 3 is 2.46 bits per heavy atom. The van der Waals surface area contributed by atoms with Gasteiger partial charge < -0.3 is 10.1 Å². The number of nitrogens with zero attached hydrogens (tertiary/aromatic N) is 2. The van der Waals surface area contributed by atoms with Gasteiger partial charge in [-0.05, 0) is 36.4 Å². The molecule has 0 atom stereocenters. The number of halogens is 1. The Hall–Kier alpha value is -2.16. The molecule has 128 valence electrons. The minimum atomic E-state index is -3.78. The Labute approximate surface area is 145 Å². The summed E-state index contributed by atoms with van der Waals surface area (Å²) in [6, 6.07) is 9.02. The van der Waals surface area contributed by atoms with Crippen LogP contribution < -0.4 is 10.1 Å². The lowest BCUT2D eigenvalue weighted by Crippen LogP contribution is -2.35. The van der Waals surface area contributed by atoms with E-state index in [1.165, 1.54) is 38.6 Å². The number of rotatable bonds is 6. The molecule has 0 unspecified atom stereocenters. The molecule has 2 rings (SSSR count). The summed E-state index contributed by atoms with van der Waals surface area (Å²) in [4.78, 5) is 16.0. The van der Waals surface area contributed by atoms with Gasteiger partial charge >= 0.3 is 0 Å². The van der Waals surface area contributed by atoms with Crippen LogP contribution in [0.25, 0.3) is 0 Å². The molecule has 0 aliphatic heterocycles. The normalized spacial score (nSPS) is 11.3. The third kappa shape index (κ3) is 4.44. The molecule has 0 aliphatic carbocycles. The van der Waals surface area contributed by atoms with Crippen LogP contribution in [0.1, 0.15) is 0 Å². The summed E-state index contributed by atoms with van der Waals surface area (Å²) in [7, 11) is -0.964. The van der Waals surface area contributed by atoms with E-state index in [1.54, 1.807) is 18.2 Å². The van der Waals surface area contributed by atoms with E-state index in [0.29, 0.717) is 16.6 Å². The minimum Gasteiger partial charge on any atom is -0.497 e. The lowest BCUT2D eigenvalue weighted by molar-refractivity contribution is -0.116. The van der Waals surface area contributed by atoms with Crippen molar-refractivity contribution in [1.29, 1.82) is 0 Å². The average molecular weight is 370 g/mol. The fraction of sp³-hybridized carbons (Fsp3) is 0.200. The highest BCUT2D eigenvalue weighted by molar-refractivity contribution is 7.89. The molecule has 0 aliphatic rings. The van der Waals surface area contributed by atoms with Gasteiger partial charge in [0, 0.05) is 13.2 Å². The van der Waals surface area contributed by atoms with Crippen molar-refractivity contribution in [2.45, 2.75) is 4.90 Å². The molecular formula is C15H16ClN3O4S. The molecule has 1 amide bonds. The number of amides is 1. The van der Waals surface area contributed by atoms with Crippen LogP contribution in [-0.2, 0) is 14.8 Å². The number of methoxy groups -OCH3 is 1. The number of pyridine rings is 1. The van der Waals surface area contributed by atoms with E-state index in [-0.39, 0.29) is 11.4 Å². The van der Waals surface area contributed by atoms with Gasteiger partial charge in [-0.25, -0.2) is 13.4 Å². The predicted octanol–water partition coefficient (Wildman–Crippen LogP) is 2.00. The second kappa shape index (κ2) is 7.61. The van der Waals surface area contributed by atoms with Crippen molar-refractivity contribution in [2.24, 2.45) is 0 Å². The zero-order valence-electron chi connectivity index (χ0n) is 13.1. The Morgan fingerprint density at radius 1 is 1.25 bits per heavy atom. The molecule has 0 fully saturated rings. The second-order valence-electron chi connectivity index (χ2n) is 4.85. The smallest absolute Gasteiger partial charge is 0.243 e. The fourth-order valence-electron chi connectivity index (χ4n) is 1.85. The maximum Gasteiger partial charge on any atom is 0.243 e. The van der Waals surface area contributed by atoms with Crippen molar-refractivity contribution in [1.82, 2.24) is 9.29 Å². The number of sulfonamides is 1. The molecule has 9 heteroatoms. The first kappa shape index (κ1) is 18.2. The van der Waals surface area contributed by atoms with Gasteiger partial charge in [0.25, 0.3) is 0 Å². The Bertz CT molecular complexity index is 808. The summed E-state index contributed by atoms with van der Waals surface area (Å²) >= 11 is 5.71. The maximum absolute atomic E-state index is 12.4. The molecule has 0 saturated heterocycles. The first-order valence-corrected chi connectivity index (χ1v) is 8.66. The lowest BCUT2D eigenvalue weighted by atomic mass is 10.3. The highest BCUT2D eigenvalue weighted by atomic mass is 35.5. The molecule has 1 N–H and O–H groups in total. The van der Waals surface area contributed by atoms with Crippen LogP contribution in [-0.4, -0.2) is 44.3 Å². The van der Waals surface area contributed by atoms with Gasteiger partial charge in [-0.2, -0.15) is 4.31 Å². The van der Waals surface area contributed by atoms with Gasteiger partial charge in [0.05, 0.1) is 23.6 Å². The molecule has 0 saturated carbocycles. The number of carbonyl (C=O) groups excluding carboxylic acids is 1. The highest BCUT2D eigenvalue weighted by Crippen LogP contribution is 2.18. The van der Waals surface area contributed by atoms with E-state index in [4.69, 9.17) is 16.3 Å². The summed E-state index contributed by atoms with van der Waals surface area (Å²) in [5.41, 5.74) is 0. The van der Waals surface area contributed by atoms with Gasteiger partial charge in [-0.3, -0.25) is 4.79 Å². The molecular weight excluding hydrogens is 354 g/mol. The van der Waals surface area contributed by atoms with Crippen molar-refractivity contribution in [3.05, 3.63) is 47.6 Å². The van der Waals surface area contributed by atoms with E-state index in [9.17, 15) is 13.2 Å². The van der Waals surface area contributed by atoms with Crippen molar-refractivity contribution in [2.75, 3.05) is 26.0 Å². The Kier molecular flexibility index (Phi) is 5.76. The maximum atomic E-state index is 12.4. The largest absolute Gasteiger partial charge is 0.497 e. The van der Waals surface area contributed by atoms with Crippen LogP contribution in [0.5, 0.6) is 5.75 Å². The monoisotopic (exact) mass is 369 g/mol. The van der Waals surface area contributed by atoms with Crippen LogP contribution in [0.3, 0.4) is 0 Å². The van der Waals surface area contributed by atoms with Crippen LogP contribution >= 0.6 is 11.6 Å². The lowest BCUT2D eigenvalue weighted by Gasteiger charge is -2.17. The zero-order valence-corrected chi connectivity index (χ0v) is 14.6. The number of likely N-dealkylation sites (N-methyl/N-ethyl adjacent to an activating group) is 1. The summed E-state index contributed by atoms with van der Waals surface area (Å²) < 4.78 is 30.8. The third-order valence-corrected chi connectivity index (χ3v) is 5.17. The summed E-state index contributed by atoms with van der Waals surface area (Å²) in [5, 5.41) is 2.94. The average Bonchev–Trinajstić information content (AvgIpc) is 2.57. The number of hydrogen-bond acceptors (Lipinski definition) is 5. The van der Waals surface area contributed by atoms with Gasteiger partial charge in [0.2, 0.25) is 15.9 Å². The first-order valence-electron chi connectivity index (χ1n) is 6.85. The molecule has 0 bridgehead atoms. The molecule has 24 heavy (non-hydrogen) atoms. The summed E-state index contributed by atoms with van der Waals surface area (Å²) in [6.07, 6.45) is 1.38. The number of aromatic nitrogens is 1. The molecule has 1 aromatic heterocycles. The quantitative estimate of drug-likeness (QED) is 0.841. The van der Waals surface area contributed by atoms with E-state index in [2.05, 4.69) is 10.3 Å². The standard InChI is InChI=1S/C15H16ClN3O4S/c1-19(10-15(20)18-14-8-3-11(16)9-17-14)24(21,22)13-6-4-12(23-2)5-7-13/h3-9H,10H2,1-2H3,(H,17,18,20). The van der Waals surface area contributed by atoms with Gasteiger partial charge in [0.1, 0.15) is 11.6 Å². The van der Waals surface area contributed by atoms with Gasteiger partial charge in [-0.1, -0.05) is 11.6 Å². The van der Waals surface area contributed by atoms with E-state index < -0.39 is 15.9 Å². The van der Waals surface area contributed by atoms with Crippen LogP contribution in [0, 0.1) is 0 Å². The van der Waals surface area contributed by atoms with Gasteiger partial charge in [0.15, 0.2) is 0 Å². The van der Waals surface area contributed by atoms with Crippen molar-refractivity contribution >= 4 is 33.3 Å². The molecule has 2 aromatic rings. The van der Waals surface area contributed by atoms with Crippen LogP contribution in [0.15, 0.2) is 47.5 Å². The number of benzene rings is 1. The van der Waals surface area contributed by atoms with E-state index in [1.807, 2.05) is 0 Å². The molecule has 0 radical (unpaired) electrons. The summed E-state index contributed by atoms with van der Waals surface area (Å²) in [6.45, 7) is -0.349. The number of nitrogens with one attached hydrogen (secondary N) is 1. The van der Waals surface area contributed by atoms with Gasteiger partial charge in [-0.15, -0.1) is 0 Å². The van der Waals surface area contributed by atoms with E-state index >= 15 is 0 Å². The van der Waals surface area contributed by atoms with Crippen LogP contribution in [0.4, 0.5) is 5.82 Å². The third-order valence-electron chi connectivity index (χ3n) is 3.13. The highest BCUT2D eigenvalue weighted by Gasteiger charge is 2.23. The molecule has 1 aromatic carbocycles. The van der Waals surface area contributed by atoms with E-state index in [0.717, 1.165) is 4.31 Å². The topological polar surface area (TPSA) is 88.6 Å². The van der Waals surface area contributed by atoms with Crippen LogP contribution in [0.2, 0.25) is 5.02 Å². The fourth-order valence-corrected chi connectivity index (χ4v) is 3.09. The van der Waals surface area contributed by atoms with Crippen molar-refractivity contribution in [3.8, 4) is 5.75 Å². The molecule has 0 spiro atoms. The number of anilines is 1. The number of carbonyl (C=O) groups is 1. The molecule has 7 nitrogen and oxygen atoms in total. The molecule has 1 heterocycles. The second-order valence-corrected chi connectivity index (χ2v) is 7.33. The minimum absolute atomic E-state index is 0.0724. The zero-order chi connectivity index (χ0) is 17.7. The number of hydrogen-bond donors (Lipinski definition) is 1. The van der Waals surface area contributed by atoms with Crippen molar-refractivity contribution in [3.63, 3.8) is 0 Å².